The van der Waals surface area contributed by atoms with Crippen LogP contribution in [0.25, 0.3) is 0 Å². The second kappa shape index (κ2) is 11.1. The fourth-order valence-electron chi connectivity index (χ4n) is 3.08. The minimum absolute atomic E-state index is 0.105. The summed E-state index contributed by atoms with van der Waals surface area (Å²) >= 11 is 0. The highest BCUT2D eigenvalue weighted by Crippen LogP contribution is 2.32. The summed E-state index contributed by atoms with van der Waals surface area (Å²) in [5, 5.41) is 14.7. The zero-order chi connectivity index (χ0) is 25.4. The molecule has 0 aliphatic carbocycles. The molecule has 3 rings (SSSR count). The lowest BCUT2D eigenvalue weighted by molar-refractivity contribution is -0.384. The molecule has 0 aliphatic rings. The molecule has 1 N–H and O–H groups in total. The van der Waals surface area contributed by atoms with E-state index in [0.29, 0.717) is 11.3 Å². The number of ether oxygens (including phenoxy) is 2. The zero-order valence-corrected chi connectivity index (χ0v) is 19.6. The smallest absolute Gasteiger partial charge is 0.270 e. The second-order valence-electron chi connectivity index (χ2n) is 7.01. The van der Waals surface area contributed by atoms with E-state index in [2.05, 4.69) is 10.5 Å². The van der Waals surface area contributed by atoms with Gasteiger partial charge in [-0.15, -0.1) is 0 Å². The second-order valence-corrected chi connectivity index (χ2v) is 8.87. The van der Waals surface area contributed by atoms with Crippen molar-refractivity contribution >= 4 is 33.5 Å². The molecule has 11 nitrogen and oxygen atoms in total. The summed E-state index contributed by atoms with van der Waals surface area (Å²) in [6, 6.07) is 17.9. The molecule has 0 saturated carbocycles. The first kappa shape index (κ1) is 25.2. The monoisotopic (exact) mass is 498 g/mol. The summed E-state index contributed by atoms with van der Waals surface area (Å²) in [6.07, 6.45) is 1.22. The summed E-state index contributed by atoms with van der Waals surface area (Å²) in [5.41, 5.74) is 2.78. The van der Waals surface area contributed by atoms with Crippen molar-refractivity contribution in [1.29, 1.82) is 0 Å². The number of non-ortho nitro benzene ring substituents is 1. The molecule has 0 bridgehead atoms. The lowest BCUT2D eigenvalue weighted by Crippen LogP contribution is -2.39. The first-order valence-electron chi connectivity index (χ1n) is 10.1. The third kappa shape index (κ3) is 6.12. The molecule has 0 unspecified atom stereocenters. The minimum atomic E-state index is -4.19. The Hall–Kier alpha value is -4.45. The average Bonchev–Trinajstić information content (AvgIpc) is 2.87. The van der Waals surface area contributed by atoms with Crippen molar-refractivity contribution < 1.29 is 27.6 Å². The number of amides is 1. The molecule has 12 heteroatoms. The van der Waals surface area contributed by atoms with Crippen LogP contribution >= 0.6 is 0 Å². The standard InChI is InChI=1S/C23H22N4O7S/c1-33-21-12-11-20(14-22(21)34-2)35(31,32)26(18-8-4-3-5-9-18)16-23(28)25-24-15-17-7-6-10-19(13-17)27(29)30/h3-15H,16H2,1-2H3,(H,25,28)/b24-15-. The first-order valence-corrected chi connectivity index (χ1v) is 11.6. The molecule has 3 aromatic carbocycles. The van der Waals surface area contributed by atoms with Crippen molar-refractivity contribution in [3.63, 3.8) is 0 Å². The maximum atomic E-state index is 13.5. The van der Waals surface area contributed by atoms with Crippen molar-refractivity contribution in [2.24, 2.45) is 5.10 Å². The maximum Gasteiger partial charge on any atom is 0.270 e. The number of hydrazone groups is 1. The Labute approximate surface area is 201 Å². The number of benzene rings is 3. The van der Waals surface area contributed by atoms with E-state index in [1.165, 1.54) is 56.8 Å². The highest BCUT2D eigenvalue weighted by atomic mass is 32.2. The number of nitrogens with zero attached hydrogens (tertiary/aromatic N) is 3. The fraction of sp³-hybridized carbons (Fsp3) is 0.130. The maximum absolute atomic E-state index is 13.5. The van der Waals surface area contributed by atoms with Gasteiger partial charge in [-0.1, -0.05) is 30.3 Å². The van der Waals surface area contributed by atoms with Gasteiger partial charge in [0.15, 0.2) is 11.5 Å². The summed E-state index contributed by atoms with van der Waals surface area (Å²) in [4.78, 5) is 22.8. The highest BCUT2D eigenvalue weighted by molar-refractivity contribution is 7.92. The molecule has 0 saturated heterocycles. The van der Waals surface area contributed by atoms with Crippen molar-refractivity contribution in [2.75, 3.05) is 25.1 Å². The van der Waals surface area contributed by atoms with Crippen LogP contribution in [-0.2, 0) is 14.8 Å². The van der Waals surface area contributed by atoms with Gasteiger partial charge in [-0.2, -0.15) is 5.10 Å². The van der Waals surface area contributed by atoms with Crippen LogP contribution in [-0.4, -0.2) is 46.2 Å². The van der Waals surface area contributed by atoms with Gasteiger partial charge in [-0.3, -0.25) is 19.2 Å². The molecule has 0 aromatic heterocycles. The van der Waals surface area contributed by atoms with Gasteiger partial charge in [-0.05, 0) is 24.3 Å². The molecule has 182 valence electrons. The predicted molar refractivity (Wildman–Crippen MR) is 129 cm³/mol. The molecule has 3 aromatic rings. The summed E-state index contributed by atoms with van der Waals surface area (Å²) in [6.45, 7) is -0.576. The number of sulfonamides is 1. The number of nitro groups is 1. The van der Waals surface area contributed by atoms with Gasteiger partial charge in [0.1, 0.15) is 6.54 Å². The normalized spacial score (nSPS) is 11.1. The van der Waals surface area contributed by atoms with Gasteiger partial charge in [0, 0.05) is 23.8 Å². The number of nitro benzene ring substituents is 1. The Morgan fingerprint density at radius 2 is 1.74 bits per heavy atom. The quantitative estimate of drug-likeness (QED) is 0.257. The van der Waals surface area contributed by atoms with E-state index in [1.807, 2.05) is 0 Å². The van der Waals surface area contributed by atoms with Crippen LogP contribution in [0.2, 0.25) is 0 Å². The van der Waals surface area contributed by atoms with Gasteiger partial charge in [0.2, 0.25) is 0 Å². The number of para-hydroxylation sites is 1. The molecule has 0 aliphatic heterocycles. The Morgan fingerprint density at radius 3 is 2.40 bits per heavy atom. The van der Waals surface area contributed by atoms with Crippen LogP contribution in [0.15, 0.2) is 82.8 Å². The number of hydrogen-bond donors (Lipinski definition) is 1. The lowest BCUT2D eigenvalue weighted by atomic mass is 10.2. The zero-order valence-electron chi connectivity index (χ0n) is 18.8. The SMILES string of the molecule is COc1ccc(S(=O)(=O)N(CC(=O)N/N=C\c2cccc([N+](=O)[O-])c2)c2ccccc2)cc1OC. The summed E-state index contributed by atoms with van der Waals surface area (Å²) < 4.78 is 38.3. The molecule has 0 fully saturated rings. The van der Waals surface area contributed by atoms with Gasteiger partial charge < -0.3 is 9.47 Å². The molecular weight excluding hydrogens is 476 g/mol. The van der Waals surface area contributed by atoms with Crippen molar-refractivity contribution in [3.8, 4) is 11.5 Å². The molecule has 0 spiro atoms. The third-order valence-corrected chi connectivity index (χ3v) is 6.53. The molecule has 0 radical (unpaired) electrons. The van der Waals surface area contributed by atoms with Gasteiger partial charge in [0.05, 0.1) is 35.9 Å². The number of anilines is 1. The van der Waals surface area contributed by atoms with E-state index in [1.54, 1.807) is 36.4 Å². The largest absolute Gasteiger partial charge is 0.493 e. The van der Waals surface area contributed by atoms with E-state index < -0.39 is 27.4 Å². The molecule has 35 heavy (non-hydrogen) atoms. The number of rotatable bonds is 10. The molecule has 1 amide bonds. The van der Waals surface area contributed by atoms with Crippen molar-refractivity contribution in [2.45, 2.75) is 4.90 Å². The number of hydrogen-bond acceptors (Lipinski definition) is 8. The molecule has 0 atom stereocenters. The number of methoxy groups -OCH3 is 2. The van der Waals surface area contributed by atoms with E-state index in [-0.39, 0.29) is 22.0 Å². The number of carbonyl (C=O) groups is 1. The Morgan fingerprint density at radius 1 is 1.03 bits per heavy atom. The highest BCUT2D eigenvalue weighted by Gasteiger charge is 2.28. The van der Waals surface area contributed by atoms with Crippen molar-refractivity contribution in [3.05, 3.63) is 88.5 Å². The molecule has 0 heterocycles. The van der Waals surface area contributed by atoms with E-state index in [4.69, 9.17) is 9.47 Å². The molecular formula is C23H22N4O7S. The third-order valence-electron chi connectivity index (χ3n) is 4.76. The van der Waals surface area contributed by atoms with Gasteiger partial charge in [0.25, 0.3) is 21.6 Å². The van der Waals surface area contributed by atoms with Gasteiger partial charge in [-0.25, -0.2) is 13.8 Å². The Bertz CT molecular complexity index is 1340. The van der Waals surface area contributed by atoms with E-state index in [0.717, 1.165) is 4.31 Å². The van der Waals surface area contributed by atoms with Crippen LogP contribution in [0, 0.1) is 10.1 Å². The fourth-order valence-corrected chi connectivity index (χ4v) is 4.51. The van der Waals surface area contributed by atoms with Crippen molar-refractivity contribution in [1.82, 2.24) is 5.43 Å². The van der Waals surface area contributed by atoms with E-state index >= 15 is 0 Å². The number of nitrogens with one attached hydrogen (secondary N) is 1. The van der Waals surface area contributed by atoms with Crippen LogP contribution in [0.3, 0.4) is 0 Å². The summed E-state index contributed by atoms with van der Waals surface area (Å²) in [7, 11) is -1.37. The average molecular weight is 499 g/mol. The van der Waals surface area contributed by atoms with Crippen LogP contribution in [0.4, 0.5) is 11.4 Å². The van der Waals surface area contributed by atoms with Crippen LogP contribution in [0.5, 0.6) is 11.5 Å². The first-order chi connectivity index (χ1) is 16.8. The van der Waals surface area contributed by atoms with Crippen LogP contribution < -0.4 is 19.2 Å². The Balaban J connectivity index is 1.85. The van der Waals surface area contributed by atoms with Crippen LogP contribution in [0.1, 0.15) is 5.56 Å². The Kier molecular flexibility index (Phi) is 8.00. The topological polar surface area (TPSA) is 140 Å². The predicted octanol–water partition coefficient (Wildman–Crippen LogP) is 2.96. The number of carbonyl (C=O) groups excluding carboxylic acids is 1. The lowest BCUT2D eigenvalue weighted by Gasteiger charge is -2.24. The minimum Gasteiger partial charge on any atom is -0.493 e. The van der Waals surface area contributed by atoms with Gasteiger partial charge >= 0.3 is 0 Å². The van der Waals surface area contributed by atoms with E-state index in [9.17, 15) is 23.3 Å². The summed E-state index contributed by atoms with van der Waals surface area (Å²) in [5.74, 6) is -0.155.